The van der Waals surface area contributed by atoms with Gasteiger partial charge < -0.3 is 11.1 Å². The van der Waals surface area contributed by atoms with Gasteiger partial charge in [0.1, 0.15) is 5.82 Å². The van der Waals surface area contributed by atoms with Crippen LogP contribution in [0.3, 0.4) is 0 Å². The van der Waals surface area contributed by atoms with Gasteiger partial charge in [0.2, 0.25) is 0 Å². The van der Waals surface area contributed by atoms with Crippen molar-refractivity contribution >= 4 is 5.91 Å². The highest BCUT2D eigenvalue weighted by molar-refractivity contribution is 5.94. The Kier molecular flexibility index (Phi) is 7.38. The lowest BCUT2D eigenvalue weighted by atomic mass is 10.1. The zero-order valence-corrected chi connectivity index (χ0v) is 11.8. The molecule has 4 heteroatoms. The van der Waals surface area contributed by atoms with Crippen molar-refractivity contribution in [2.24, 2.45) is 5.73 Å². The fourth-order valence-corrected chi connectivity index (χ4v) is 1.78. The molecule has 1 rings (SSSR count). The number of nitrogens with one attached hydrogen (secondary N) is 1. The van der Waals surface area contributed by atoms with E-state index < -0.39 is 11.7 Å². The van der Waals surface area contributed by atoms with Gasteiger partial charge in [-0.1, -0.05) is 38.0 Å². The Morgan fingerprint density at radius 1 is 1.35 bits per heavy atom. The van der Waals surface area contributed by atoms with Crippen LogP contribution in [0.15, 0.2) is 18.2 Å². The fourth-order valence-electron chi connectivity index (χ4n) is 1.78. The highest BCUT2D eigenvalue weighted by Gasteiger charge is 2.11. The first-order valence-electron chi connectivity index (χ1n) is 6.95. The number of rotatable bonds is 6. The molecular formula is C16H21FN2O. The minimum Gasteiger partial charge on any atom is -0.352 e. The molecule has 108 valence electrons. The minimum atomic E-state index is -0.533. The van der Waals surface area contributed by atoms with Gasteiger partial charge in [0.25, 0.3) is 5.91 Å². The summed E-state index contributed by atoms with van der Waals surface area (Å²) in [4.78, 5) is 11.9. The Labute approximate surface area is 119 Å². The molecule has 0 unspecified atom stereocenters. The predicted molar refractivity (Wildman–Crippen MR) is 78.8 cm³/mol. The molecule has 1 aromatic carbocycles. The number of carbonyl (C=O) groups is 1. The number of unbranched alkanes of at least 4 members (excludes halogenated alkanes) is 3. The zero-order valence-electron chi connectivity index (χ0n) is 11.8. The molecule has 0 spiro atoms. The van der Waals surface area contributed by atoms with Gasteiger partial charge in [0.05, 0.1) is 12.1 Å². The van der Waals surface area contributed by atoms with E-state index in [1.54, 1.807) is 0 Å². The number of carbonyl (C=O) groups excluding carboxylic acids is 1. The first-order chi connectivity index (χ1) is 9.69. The molecular weight excluding hydrogens is 255 g/mol. The van der Waals surface area contributed by atoms with Crippen molar-refractivity contribution < 1.29 is 9.18 Å². The molecule has 0 aliphatic heterocycles. The van der Waals surface area contributed by atoms with Gasteiger partial charge in [-0.2, -0.15) is 0 Å². The molecule has 1 aromatic rings. The molecule has 3 nitrogen and oxygen atoms in total. The van der Waals surface area contributed by atoms with Crippen LogP contribution in [0.1, 0.15) is 48.5 Å². The number of amides is 1. The summed E-state index contributed by atoms with van der Waals surface area (Å²) >= 11 is 0. The SMILES string of the molecule is CCCCCCNC(=O)c1cc(C#CCN)ccc1F. The van der Waals surface area contributed by atoms with Crippen molar-refractivity contribution in [2.45, 2.75) is 32.6 Å². The van der Waals surface area contributed by atoms with Crippen LogP contribution in [0.5, 0.6) is 0 Å². The van der Waals surface area contributed by atoms with Crippen LogP contribution in [-0.4, -0.2) is 19.0 Å². The molecule has 3 N–H and O–H groups in total. The van der Waals surface area contributed by atoms with E-state index in [1.165, 1.54) is 18.2 Å². The van der Waals surface area contributed by atoms with E-state index in [2.05, 4.69) is 24.1 Å². The van der Waals surface area contributed by atoms with Crippen LogP contribution in [-0.2, 0) is 0 Å². The van der Waals surface area contributed by atoms with Crippen molar-refractivity contribution in [2.75, 3.05) is 13.1 Å². The Morgan fingerprint density at radius 2 is 2.15 bits per heavy atom. The number of hydrogen-bond donors (Lipinski definition) is 2. The third-order valence-corrected chi connectivity index (χ3v) is 2.86. The Morgan fingerprint density at radius 3 is 2.85 bits per heavy atom. The van der Waals surface area contributed by atoms with E-state index in [0.717, 1.165) is 25.7 Å². The van der Waals surface area contributed by atoms with Gasteiger partial charge in [-0.3, -0.25) is 4.79 Å². The maximum Gasteiger partial charge on any atom is 0.254 e. The lowest BCUT2D eigenvalue weighted by Crippen LogP contribution is -2.25. The summed E-state index contributed by atoms with van der Waals surface area (Å²) in [5.41, 5.74) is 5.91. The molecule has 0 saturated heterocycles. The van der Waals surface area contributed by atoms with E-state index in [1.807, 2.05) is 0 Å². The van der Waals surface area contributed by atoms with Crippen molar-refractivity contribution in [1.82, 2.24) is 5.32 Å². The van der Waals surface area contributed by atoms with Gasteiger partial charge in [-0.25, -0.2) is 4.39 Å². The number of benzene rings is 1. The standard InChI is InChI=1S/C16H21FN2O/c1-2-3-4-5-11-19-16(20)14-12-13(7-6-10-18)8-9-15(14)17/h8-9,12H,2-5,10-11,18H2,1H3,(H,19,20). The Balaban J connectivity index is 2.62. The van der Waals surface area contributed by atoms with Crippen molar-refractivity contribution in [3.05, 3.63) is 35.1 Å². The third kappa shape index (κ3) is 5.41. The summed E-state index contributed by atoms with van der Waals surface area (Å²) in [6.07, 6.45) is 4.27. The molecule has 0 radical (unpaired) electrons. The van der Waals surface area contributed by atoms with Crippen LogP contribution < -0.4 is 11.1 Å². The van der Waals surface area contributed by atoms with E-state index in [0.29, 0.717) is 12.1 Å². The Hall–Kier alpha value is -1.86. The molecule has 20 heavy (non-hydrogen) atoms. The second-order valence-corrected chi connectivity index (χ2v) is 4.52. The van der Waals surface area contributed by atoms with Gasteiger partial charge in [-0.05, 0) is 24.6 Å². The fraction of sp³-hybridized carbons (Fsp3) is 0.438. The maximum atomic E-state index is 13.6. The summed E-state index contributed by atoms with van der Waals surface area (Å²) in [5.74, 6) is 4.54. The molecule has 0 bridgehead atoms. The molecule has 1 amide bonds. The van der Waals surface area contributed by atoms with Crippen molar-refractivity contribution in [1.29, 1.82) is 0 Å². The third-order valence-electron chi connectivity index (χ3n) is 2.86. The van der Waals surface area contributed by atoms with Gasteiger partial charge in [-0.15, -0.1) is 0 Å². The molecule has 0 aliphatic carbocycles. The highest BCUT2D eigenvalue weighted by atomic mass is 19.1. The van der Waals surface area contributed by atoms with Gasteiger partial charge in [0, 0.05) is 12.1 Å². The lowest BCUT2D eigenvalue weighted by molar-refractivity contribution is 0.0949. The van der Waals surface area contributed by atoms with E-state index >= 15 is 0 Å². The highest BCUT2D eigenvalue weighted by Crippen LogP contribution is 2.10. The number of halogens is 1. The number of nitrogens with two attached hydrogens (primary N) is 1. The first kappa shape index (κ1) is 16.2. The second-order valence-electron chi connectivity index (χ2n) is 4.52. The molecule has 0 aliphatic rings. The number of hydrogen-bond acceptors (Lipinski definition) is 2. The molecule has 0 atom stereocenters. The predicted octanol–water partition coefficient (Wildman–Crippen LogP) is 2.45. The minimum absolute atomic E-state index is 0.0318. The summed E-state index contributed by atoms with van der Waals surface area (Å²) in [5, 5.41) is 2.73. The van der Waals surface area contributed by atoms with E-state index in [4.69, 9.17) is 5.73 Å². The topological polar surface area (TPSA) is 55.1 Å². The van der Waals surface area contributed by atoms with Crippen LogP contribution >= 0.6 is 0 Å². The smallest absolute Gasteiger partial charge is 0.254 e. The van der Waals surface area contributed by atoms with Gasteiger partial charge in [0.15, 0.2) is 0 Å². The van der Waals surface area contributed by atoms with Crippen LogP contribution in [0.2, 0.25) is 0 Å². The van der Waals surface area contributed by atoms with Gasteiger partial charge >= 0.3 is 0 Å². The van der Waals surface area contributed by atoms with Crippen LogP contribution in [0, 0.1) is 17.7 Å². The first-order valence-corrected chi connectivity index (χ1v) is 6.95. The van der Waals surface area contributed by atoms with Crippen molar-refractivity contribution in [3.8, 4) is 11.8 Å². The Bertz CT molecular complexity index is 503. The molecule has 0 aromatic heterocycles. The monoisotopic (exact) mass is 276 g/mol. The normalized spacial score (nSPS) is 9.75. The summed E-state index contributed by atoms with van der Waals surface area (Å²) in [7, 11) is 0. The van der Waals surface area contributed by atoms with E-state index in [-0.39, 0.29) is 12.1 Å². The average Bonchev–Trinajstić information content (AvgIpc) is 2.46. The summed E-state index contributed by atoms with van der Waals surface area (Å²) in [6.45, 7) is 2.93. The van der Waals surface area contributed by atoms with Crippen LogP contribution in [0.4, 0.5) is 4.39 Å². The molecule has 0 heterocycles. The van der Waals surface area contributed by atoms with Crippen LogP contribution in [0.25, 0.3) is 0 Å². The average molecular weight is 276 g/mol. The zero-order chi connectivity index (χ0) is 14.8. The quantitative estimate of drug-likeness (QED) is 0.619. The molecule has 0 saturated carbocycles. The van der Waals surface area contributed by atoms with E-state index in [9.17, 15) is 9.18 Å². The largest absolute Gasteiger partial charge is 0.352 e. The lowest BCUT2D eigenvalue weighted by Gasteiger charge is -2.06. The maximum absolute atomic E-state index is 13.6. The molecule has 0 fully saturated rings. The summed E-state index contributed by atoms with van der Waals surface area (Å²) in [6, 6.07) is 4.25. The van der Waals surface area contributed by atoms with Crippen molar-refractivity contribution in [3.63, 3.8) is 0 Å². The second kappa shape index (κ2) is 9.11. The summed E-state index contributed by atoms with van der Waals surface area (Å²) < 4.78 is 13.6.